The summed E-state index contributed by atoms with van der Waals surface area (Å²) in [5, 5.41) is 0. The number of allylic oxidation sites excluding steroid dienone is 1. The van der Waals surface area contributed by atoms with Crippen LogP contribution in [0, 0.1) is 13.8 Å². The maximum absolute atomic E-state index is 12.9. The van der Waals surface area contributed by atoms with E-state index in [4.69, 9.17) is 4.74 Å². The summed E-state index contributed by atoms with van der Waals surface area (Å²) < 4.78 is 9.02. The number of aromatic nitrogens is 1. The van der Waals surface area contributed by atoms with Gasteiger partial charge in [0.15, 0.2) is 4.80 Å². The van der Waals surface area contributed by atoms with Crippen molar-refractivity contribution in [1.82, 2.24) is 4.57 Å². The average Bonchev–Trinajstić information content (AvgIpc) is 3.07. The van der Waals surface area contributed by atoms with Gasteiger partial charge in [-0.15, -0.1) is 6.58 Å². The van der Waals surface area contributed by atoms with Gasteiger partial charge in [-0.1, -0.05) is 47.7 Å². The van der Waals surface area contributed by atoms with E-state index in [2.05, 4.69) is 37.6 Å². The van der Waals surface area contributed by atoms with E-state index < -0.39 is 0 Å². The van der Waals surface area contributed by atoms with Gasteiger partial charge in [0.25, 0.3) is 5.91 Å². The quantitative estimate of drug-likeness (QED) is 0.374. The Balaban J connectivity index is 1.73. The molecule has 0 fully saturated rings. The number of nitrogens with zero attached hydrogens (tertiary/aromatic N) is 2. The highest BCUT2D eigenvalue weighted by Crippen LogP contribution is 2.24. The van der Waals surface area contributed by atoms with Crippen LogP contribution in [0.2, 0.25) is 0 Å². The predicted octanol–water partition coefficient (Wildman–Crippen LogP) is 6.04. The Hall–Kier alpha value is -3.44. The number of hydrogen-bond acceptors (Lipinski definition) is 3. The predicted molar refractivity (Wildman–Crippen MR) is 122 cm³/mol. The van der Waals surface area contributed by atoms with Crippen molar-refractivity contribution >= 4 is 27.5 Å². The van der Waals surface area contributed by atoms with E-state index in [1.807, 2.05) is 47.0 Å². The molecule has 0 atom stereocenters. The molecule has 0 aliphatic heterocycles. The average molecular weight is 415 g/mol. The summed E-state index contributed by atoms with van der Waals surface area (Å²) in [6, 6.07) is 20.9. The van der Waals surface area contributed by atoms with Gasteiger partial charge in [0, 0.05) is 12.1 Å². The first-order chi connectivity index (χ1) is 14.5. The largest absolute Gasteiger partial charge is 0.457 e. The molecule has 0 unspecified atom stereocenters. The highest BCUT2D eigenvalue weighted by Gasteiger charge is 2.11. The third kappa shape index (κ3) is 4.11. The maximum atomic E-state index is 12.9. The van der Waals surface area contributed by atoms with E-state index in [-0.39, 0.29) is 5.91 Å². The third-order valence-electron chi connectivity index (χ3n) is 4.68. The van der Waals surface area contributed by atoms with E-state index in [1.165, 1.54) is 22.5 Å². The Morgan fingerprint density at radius 2 is 1.83 bits per heavy atom. The van der Waals surface area contributed by atoms with E-state index in [9.17, 15) is 4.79 Å². The summed E-state index contributed by atoms with van der Waals surface area (Å²) in [4.78, 5) is 18.1. The molecule has 30 heavy (non-hydrogen) atoms. The number of rotatable bonds is 5. The lowest BCUT2D eigenvalue weighted by atomic mass is 10.1. The molecule has 150 valence electrons. The summed E-state index contributed by atoms with van der Waals surface area (Å²) in [7, 11) is 0. The number of thiazole rings is 1. The van der Waals surface area contributed by atoms with Gasteiger partial charge in [-0.05, 0) is 61.4 Å². The number of ether oxygens (including phenoxy) is 1. The number of para-hydroxylation sites is 1. The fourth-order valence-electron chi connectivity index (χ4n) is 3.37. The van der Waals surface area contributed by atoms with E-state index in [0.29, 0.717) is 22.7 Å². The number of hydrogen-bond donors (Lipinski definition) is 0. The van der Waals surface area contributed by atoms with Crippen molar-refractivity contribution in [3.05, 3.63) is 101 Å². The molecule has 0 aliphatic rings. The molecule has 0 aliphatic carbocycles. The number of fused-ring (bicyclic) bond motifs is 1. The van der Waals surface area contributed by atoms with Gasteiger partial charge in [0.1, 0.15) is 11.5 Å². The lowest BCUT2D eigenvalue weighted by Gasteiger charge is -2.06. The molecular formula is C25H22N2O2S. The smallest absolute Gasteiger partial charge is 0.279 e. The molecule has 0 saturated heterocycles. The van der Waals surface area contributed by atoms with Crippen molar-refractivity contribution in [3.63, 3.8) is 0 Å². The third-order valence-corrected chi connectivity index (χ3v) is 5.91. The van der Waals surface area contributed by atoms with Crippen LogP contribution in [0.1, 0.15) is 21.5 Å². The van der Waals surface area contributed by atoms with Gasteiger partial charge in [-0.25, -0.2) is 0 Å². The van der Waals surface area contributed by atoms with Gasteiger partial charge in [-0.2, -0.15) is 4.99 Å². The monoisotopic (exact) mass is 414 g/mol. The van der Waals surface area contributed by atoms with Crippen LogP contribution in [0.3, 0.4) is 0 Å². The Bertz CT molecular complexity index is 1300. The summed E-state index contributed by atoms with van der Waals surface area (Å²) >= 11 is 1.53. The van der Waals surface area contributed by atoms with Crippen molar-refractivity contribution < 1.29 is 9.53 Å². The summed E-state index contributed by atoms with van der Waals surface area (Å²) in [6.07, 6.45) is 1.82. The minimum atomic E-state index is -0.299. The van der Waals surface area contributed by atoms with Gasteiger partial charge < -0.3 is 9.30 Å². The number of aryl methyl sites for hydroxylation is 2. The lowest BCUT2D eigenvalue weighted by Crippen LogP contribution is -2.16. The number of carbonyl (C=O) groups excluding carboxylic acids is 1. The molecule has 1 aromatic heterocycles. The summed E-state index contributed by atoms with van der Waals surface area (Å²) in [5.41, 5.74) is 3.92. The minimum absolute atomic E-state index is 0.299. The fourth-order valence-corrected chi connectivity index (χ4v) is 4.46. The first-order valence-corrected chi connectivity index (χ1v) is 10.5. The SMILES string of the molecule is C=CCn1c(=NC(=O)c2cccc(Oc3ccccc3)c2)sc2c(C)cc(C)cc21. The second kappa shape index (κ2) is 8.51. The number of benzene rings is 3. The van der Waals surface area contributed by atoms with Crippen molar-refractivity contribution in [2.45, 2.75) is 20.4 Å². The van der Waals surface area contributed by atoms with Crippen LogP contribution < -0.4 is 9.54 Å². The highest BCUT2D eigenvalue weighted by molar-refractivity contribution is 7.16. The fraction of sp³-hybridized carbons (Fsp3) is 0.120. The summed E-state index contributed by atoms with van der Waals surface area (Å²) in [6.45, 7) is 8.60. The molecule has 0 radical (unpaired) electrons. The Morgan fingerprint density at radius 3 is 2.60 bits per heavy atom. The zero-order chi connectivity index (χ0) is 21.1. The van der Waals surface area contributed by atoms with E-state index >= 15 is 0 Å². The molecule has 0 bridgehead atoms. The molecule has 4 aromatic rings. The molecule has 4 nitrogen and oxygen atoms in total. The molecule has 1 heterocycles. The van der Waals surface area contributed by atoms with Gasteiger partial charge in [0.2, 0.25) is 0 Å². The van der Waals surface area contributed by atoms with Crippen molar-refractivity contribution in [2.75, 3.05) is 0 Å². The van der Waals surface area contributed by atoms with Crippen LogP contribution in [0.4, 0.5) is 0 Å². The molecule has 0 spiro atoms. The van der Waals surface area contributed by atoms with Crippen LogP contribution in [-0.2, 0) is 6.54 Å². The minimum Gasteiger partial charge on any atom is -0.457 e. The highest BCUT2D eigenvalue weighted by atomic mass is 32.1. The maximum Gasteiger partial charge on any atom is 0.279 e. The van der Waals surface area contributed by atoms with Crippen molar-refractivity contribution in [1.29, 1.82) is 0 Å². The zero-order valence-electron chi connectivity index (χ0n) is 17.0. The van der Waals surface area contributed by atoms with Crippen LogP contribution in [0.5, 0.6) is 11.5 Å². The molecule has 0 N–H and O–H groups in total. The molecular weight excluding hydrogens is 392 g/mol. The van der Waals surface area contributed by atoms with Gasteiger partial charge >= 0.3 is 0 Å². The standard InChI is InChI=1S/C25H22N2O2S/c1-4-13-27-22-15-17(2)14-18(3)23(22)30-25(27)26-24(28)19-9-8-12-21(16-19)29-20-10-6-5-7-11-20/h4-12,14-16H,1,13H2,2-3H3. The normalized spacial score (nSPS) is 11.6. The first kappa shape index (κ1) is 19.9. The second-order valence-electron chi connectivity index (χ2n) is 7.07. The molecule has 5 heteroatoms. The molecule has 4 rings (SSSR count). The van der Waals surface area contributed by atoms with Gasteiger partial charge in [-0.3, -0.25) is 4.79 Å². The first-order valence-electron chi connectivity index (χ1n) is 9.68. The lowest BCUT2D eigenvalue weighted by molar-refractivity contribution is 0.0997. The van der Waals surface area contributed by atoms with Crippen LogP contribution >= 0.6 is 11.3 Å². The van der Waals surface area contributed by atoms with E-state index in [1.54, 1.807) is 18.2 Å². The Kier molecular flexibility index (Phi) is 5.63. The number of carbonyl (C=O) groups is 1. The Labute approximate surface area is 179 Å². The van der Waals surface area contributed by atoms with Crippen molar-refractivity contribution in [2.24, 2.45) is 4.99 Å². The molecule has 3 aromatic carbocycles. The summed E-state index contributed by atoms with van der Waals surface area (Å²) in [5.74, 6) is 1.02. The second-order valence-corrected chi connectivity index (χ2v) is 8.05. The molecule has 1 amide bonds. The van der Waals surface area contributed by atoms with Crippen LogP contribution in [0.15, 0.2) is 84.4 Å². The van der Waals surface area contributed by atoms with Crippen LogP contribution in [-0.4, -0.2) is 10.5 Å². The molecule has 0 saturated carbocycles. The van der Waals surface area contributed by atoms with Crippen LogP contribution in [0.25, 0.3) is 10.2 Å². The van der Waals surface area contributed by atoms with E-state index in [0.717, 1.165) is 16.0 Å². The zero-order valence-corrected chi connectivity index (χ0v) is 17.8. The van der Waals surface area contributed by atoms with Gasteiger partial charge in [0.05, 0.1) is 10.2 Å². The number of amides is 1. The Morgan fingerprint density at radius 1 is 1.07 bits per heavy atom. The topological polar surface area (TPSA) is 43.6 Å². The van der Waals surface area contributed by atoms with Crippen molar-refractivity contribution in [3.8, 4) is 11.5 Å².